The largest absolute Gasteiger partial charge is 0.353 e. The minimum atomic E-state index is -0.0215. The lowest BCUT2D eigenvalue weighted by molar-refractivity contribution is 0.179. The normalized spacial score (nSPS) is 18.5. The van der Waals surface area contributed by atoms with Crippen LogP contribution in [0.3, 0.4) is 0 Å². The van der Waals surface area contributed by atoms with E-state index in [9.17, 15) is 4.79 Å². The van der Waals surface area contributed by atoms with Gasteiger partial charge in [0.15, 0.2) is 5.82 Å². The second kappa shape index (κ2) is 8.03. The highest BCUT2D eigenvalue weighted by Crippen LogP contribution is 2.26. The highest BCUT2D eigenvalue weighted by Gasteiger charge is 2.27. The Balaban J connectivity index is 1.61. The molecule has 1 fully saturated rings. The molecule has 2 amide bonds. The first-order valence-corrected chi connectivity index (χ1v) is 9.90. The Bertz CT molecular complexity index is 748. The van der Waals surface area contributed by atoms with E-state index >= 15 is 0 Å². The molecule has 2 aromatic heterocycles. The van der Waals surface area contributed by atoms with Crippen molar-refractivity contribution in [2.45, 2.75) is 45.7 Å². The van der Waals surface area contributed by atoms with Gasteiger partial charge in [0.25, 0.3) is 0 Å². The molecule has 1 saturated heterocycles. The minimum Gasteiger partial charge on any atom is -0.353 e. The summed E-state index contributed by atoms with van der Waals surface area (Å²) in [7, 11) is 1.89. The smallest absolute Gasteiger partial charge is 0.317 e. The predicted octanol–water partition coefficient (Wildman–Crippen LogP) is 3.53. The number of rotatable bonds is 4. The van der Waals surface area contributed by atoms with E-state index in [2.05, 4.69) is 40.3 Å². The van der Waals surface area contributed by atoms with Crippen molar-refractivity contribution in [3.63, 3.8) is 0 Å². The van der Waals surface area contributed by atoms with Gasteiger partial charge in [-0.3, -0.25) is 0 Å². The summed E-state index contributed by atoms with van der Waals surface area (Å²) < 4.78 is 0. The summed E-state index contributed by atoms with van der Waals surface area (Å²) in [6, 6.07) is 6.19. The molecule has 0 radical (unpaired) electrons. The Morgan fingerprint density at radius 1 is 1.46 bits per heavy atom. The molecule has 2 atom stereocenters. The number of aromatic nitrogens is 2. The van der Waals surface area contributed by atoms with Crippen LogP contribution in [0.4, 0.5) is 10.6 Å². The quantitative estimate of drug-likeness (QED) is 0.891. The molecule has 6 nitrogen and oxygen atoms in total. The average Bonchev–Trinajstić information content (AvgIpc) is 3.00. The van der Waals surface area contributed by atoms with Gasteiger partial charge in [-0.15, -0.1) is 16.4 Å². The van der Waals surface area contributed by atoms with Crippen molar-refractivity contribution in [2.24, 2.45) is 0 Å². The summed E-state index contributed by atoms with van der Waals surface area (Å²) in [6.45, 7) is 8.00. The number of piperidine rings is 1. The van der Waals surface area contributed by atoms with Crippen LogP contribution >= 0.6 is 11.3 Å². The average molecular weight is 374 g/mol. The van der Waals surface area contributed by atoms with Gasteiger partial charge in [0.2, 0.25) is 0 Å². The number of urea groups is 1. The van der Waals surface area contributed by atoms with Crippen LogP contribution < -0.4 is 10.2 Å². The van der Waals surface area contributed by atoms with E-state index < -0.39 is 0 Å². The number of nitrogens with one attached hydrogen (secondary N) is 1. The van der Waals surface area contributed by atoms with Gasteiger partial charge in [-0.25, -0.2) is 4.79 Å². The van der Waals surface area contributed by atoms with E-state index in [1.54, 1.807) is 17.5 Å². The second-order valence-electron chi connectivity index (χ2n) is 6.97. The molecule has 3 heterocycles. The van der Waals surface area contributed by atoms with Gasteiger partial charge in [0.1, 0.15) is 0 Å². The first-order chi connectivity index (χ1) is 12.5. The molecule has 0 saturated carbocycles. The molecule has 2 unspecified atom stereocenters. The summed E-state index contributed by atoms with van der Waals surface area (Å²) in [6.07, 6.45) is 3.73. The van der Waals surface area contributed by atoms with Gasteiger partial charge >= 0.3 is 6.03 Å². The molecule has 1 N–H and O–H groups in total. The van der Waals surface area contributed by atoms with Crippen molar-refractivity contribution < 1.29 is 4.79 Å². The fourth-order valence-corrected chi connectivity index (χ4v) is 4.57. The molecule has 0 bridgehead atoms. The molecule has 26 heavy (non-hydrogen) atoms. The summed E-state index contributed by atoms with van der Waals surface area (Å²) in [5, 5.41) is 11.3. The molecule has 140 valence electrons. The lowest BCUT2D eigenvalue weighted by atomic mass is 10.0. The molecule has 1 aliphatic rings. The summed E-state index contributed by atoms with van der Waals surface area (Å²) >= 11 is 1.77. The van der Waals surface area contributed by atoms with E-state index in [4.69, 9.17) is 0 Å². The maximum Gasteiger partial charge on any atom is 0.317 e. The van der Waals surface area contributed by atoms with Gasteiger partial charge in [-0.2, -0.15) is 5.10 Å². The lowest BCUT2D eigenvalue weighted by Gasteiger charge is -2.38. The Kier molecular flexibility index (Phi) is 5.76. The van der Waals surface area contributed by atoms with Gasteiger partial charge in [0, 0.05) is 36.1 Å². The number of carbonyl (C=O) groups is 1. The van der Waals surface area contributed by atoms with Crippen molar-refractivity contribution >= 4 is 23.2 Å². The van der Waals surface area contributed by atoms with Crippen molar-refractivity contribution in [2.75, 3.05) is 25.0 Å². The van der Waals surface area contributed by atoms with Crippen LogP contribution in [0, 0.1) is 13.8 Å². The predicted molar refractivity (Wildman–Crippen MR) is 106 cm³/mol. The summed E-state index contributed by atoms with van der Waals surface area (Å²) in [5.74, 6) is 0.878. The molecule has 0 aliphatic carbocycles. The van der Waals surface area contributed by atoms with Crippen molar-refractivity contribution in [1.29, 1.82) is 0 Å². The van der Waals surface area contributed by atoms with Crippen LogP contribution in [-0.4, -0.2) is 47.3 Å². The lowest BCUT2D eigenvalue weighted by Crippen LogP contribution is -2.51. The monoisotopic (exact) mass is 373 g/mol. The van der Waals surface area contributed by atoms with Crippen LogP contribution in [0.2, 0.25) is 0 Å². The van der Waals surface area contributed by atoms with E-state index in [-0.39, 0.29) is 18.1 Å². The van der Waals surface area contributed by atoms with Gasteiger partial charge in [-0.1, -0.05) is 0 Å². The third-order valence-corrected chi connectivity index (χ3v) is 6.01. The Hall–Kier alpha value is -2.15. The third kappa shape index (κ3) is 4.15. The summed E-state index contributed by atoms with van der Waals surface area (Å²) in [4.78, 5) is 19.4. The first kappa shape index (κ1) is 18.6. The minimum absolute atomic E-state index is 0.00887. The van der Waals surface area contributed by atoms with Crippen LogP contribution in [0.15, 0.2) is 24.4 Å². The van der Waals surface area contributed by atoms with Gasteiger partial charge in [0.05, 0.1) is 12.1 Å². The number of carbonyl (C=O) groups excluding carboxylic acids is 1. The molecule has 0 spiro atoms. The number of nitrogens with zero attached hydrogens (tertiary/aromatic N) is 4. The Morgan fingerprint density at radius 3 is 2.92 bits per heavy atom. The zero-order valence-electron chi connectivity index (χ0n) is 15.9. The Labute approximate surface area is 159 Å². The molecule has 0 aromatic carbocycles. The maximum absolute atomic E-state index is 12.8. The van der Waals surface area contributed by atoms with Gasteiger partial charge in [-0.05, 0) is 57.4 Å². The SMILES string of the molecule is Cc1cc(C(C)NC(=O)N(C)C2CCCN(c3cccnn3)C2)c(C)s1. The number of thiophene rings is 1. The van der Waals surface area contributed by atoms with Crippen molar-refractivity contribution in [3.8, 4) is 0 Å². The van der Waals surface area contributed by atoms with Gasteiger partial charge < -0.3 is 15.1 Å². The number of anilines is 1. The number of amides is 2. The molecule has 1 aliphatic heterocycles. The third-order valence-electron chi connectivity index (χ3n) is 5.03. The highest BCUT2D eigenvalue weighted by atomic mass is 32.1. The van der Waals surface area contributed by atoms with Crippen LogP contribution in [-0.2, 0) is 0 Å². The second-order valence-corrected chi connectivity index (χ2v) is 8.44. The molecule has 3 rings (SSSR count). The topological polar surface area (TPSA) is 61.4 Å². The molecular formula is C19H27N5OS. The van der Waals surface area contributed by atoms with E-state index in [0.717, 1.165) is 31.7 Å². The van der Waals surface area contributed by atoms with E-state index in [0.29, 0.717) is 0 Å². The molecular weight excluding hydrogens is 346 g/mol. The number of hydrogen-bond acceptors (Lipinski definition) is 5. The van der Waals surface area contributed by atoms with Crippen LogP contribution in [0.25, 0.3) is 0 Å². The number of hydrogen-bond donors (Lipinski definition) is 1. The first-order valence-electron chi connectivity index (χ1n) is 9.08. The standard InChI is InChI=1S/C19H27N5OS/c1-13-11-17(15(3)26-13)14(2)21-19(25)23(4)16-7-6-10-24(12-16)18-8-5-9-20-22-18/h5,8-9,11,14,16H,6-7,10,12H2,1-4H3,(H,21,25). The van der Waals surface area contributed by atoms with Crippen molar-refractivity contribution in [3.05, 3.63) is 39.7 Å². The van der Waals surface area contributed by atoms with E-state index in [1.807, 2.05) is 31.0 Å². The van der Waals surface area contributed by atoms with Crippen molar-refractivity contribution in [1.82, 2.24) is 20.4 Å². The zero-order valence-corrected chi connectivity index (χ0v) is 16.7. The summed E-state index contributed by atoms with van der Waals surface area (Å²) in [5.41, 5.74) is 1.21. The fraction of sp³-hybridized carbons (Fsp3) is 0.526. The van der Waals surface area contributed by atoms with Crippen LogP contribution in [0.1, 0.15) is 41.1 Å². The fourth-order valence-electron chi connectivity index (χ4n) is 3.55. The maximum atomic E-state index is 12.8. The molecule has 7 heteroatoms. The van der Waals surface area contributed by atoms with Crippen LogP contribution in [0.5, 0.6) is 0 Å². The number of aryl methyl sites for hydroxylation is 2. The Morgan fingerprint density at radius 2 is 2.27 bits per heavy atom. The number of likely N-dealkylation sites (N-methyl/N-ethyl adjacent to an activating group) is 1. The molecule has 2 aromatic rings. The zero-order chi connectivity index (χ0) is 18.7. The van der Waals surface area contributed by atoms with E-state index in [1.165, 1.54) is 15.3 Å². The highest BCUT2D eigenvalue weighted by molar-refractivity contribution is 7.12.